The number of aliphatic imine (C=N–C) groups is 2. The third-order valence-corrected chi connectivity index (χ3v) is 40.3. The number of allylic oxidation sites excluding steroid dienone is 13. The van der Waals surface area contributed by atoms with Gasteiger partial charge in [-0.3, -0.25) is 28.8 Å². The quantitative estimate of drug-likeness (QED) is 0.0234. The molecule has 0 unspecified atom stereocenters. The molecule has 11 aromatic heterocycles. The molecule has 2 saturated carbocycles. The highest BCUT2D eigenvalue weighted by Gasteiger charge is 2.50. The Morgan fingerprint density at radius 1 is 0.387 bits per heavy atom. The number of carbonyl (C=O) groups is 6. The van der Waals surface area contributed by atoms with Gasteiger partial charge in [0.05, 0.1) is 108 Å². The number of benzene rings is 4. The summed E-state index contributed by atoms with van der Waals surface area (Å²) in [6.45, 7) is 35.2. The van der Waals surface area contributed by atoms with Crippen molar-refractivity contribution < 1.29 is 64.6 Å². The first-order valence-electron chi connectivity index (χ1n) is 47.1. The minimum atomic E-state index is -4.00. The van der Waals surface area contributed by atoms with Crippen LogP contribution in [0.4, 0.5) is 36.3 Å². The maximum Gasteiger partial charge on any atom is 0.386 e. The third-order valence-electron chi connectivity index (χ3n) is 26.6. The Hall–Kier alpha value is -14.7. The number of rotatable bonds is 10. The number of methoxy groups -OCH3 is 2. The van der Waals surface area contributed by atoms with Crippen molar-refractivity contribution in [3.63, 3.8) is 0 Å². The summed E-state index contributed by atoms with van der Waals surface area (Å²) >= 11 is 18.4. The number of carbonyl (C=O) groups excluding carboxylic acids is 6. The second kappa shape index (κ2) is 42.0. The second-order valence-electron chi connectivity index (χ2n) is 35.6. The van der Waals surface area contributed by atoms with Gasteiger partial charge in [-0.2, -0.15) is 36.9 Å². The van der Waals surface area contributed by atoms with Crippen LogP contribution in [0.3, 0.4) is 0 Å². The summed E-state index contributed by atoms with van der Waals surface area (Å²) in [4.78, 5) is 107. The Bertz CT molecular complexity index is 8980. The molecule has 4 aromatic carbocycles. The second-order valence-corrected chi connectivity index (χ2v) is 47.2. The van der Waals surface area contributed by atoms with Crippen LogP contribution in [0.1, 0.15) is 239 Å². The number of amidine groups is 1. The summed E-state index contributed by atoms with van der Waals surface area (Å²) in [5, 5.41) is 48.1. The summed E-state index contributed by atoms with van der Waals surface area (Å²) < 4.78 is 88.0. The van der Waals surface area contributed by atoms with Crippen molar-refractivity contribution in [2.45, 2.75) is 148 Å². The molecule has 9 aliphatic carbocycles. The number of ketones is 6. The van der Waals surface area contributed by atoms with E-state index in [4.69, 9.17) is 45.0 Å². The van der Waals surface area contributed by atoms with Gasteiger partial charge in [0, 0.05) is 136 Å². The molecule has 2 spiro atoms. The zero-order valence-corrected chi connectivity index (χ0v) is 90.2. The number of thiophene rings is 11. The van der Waals surface area contributed by atoms with Crippen LogP contribution in [0, 0.1) is 76.4 Å². The Morgan fingerprint density at radius 2 is 0.727 bits per heavy atom. The Balaban J connectivity index is 0.000000139. The summed E-state index contributed by atoms with van der Waals surface area (Å²) in [5.74, 6) is 0.0459. The van der Waals surface area contributed by atoms with E-state index in [-0.39, 0.29) is 98.9 Å². The maximum absolute atomic E-state index is 13.8. The first-order chi connectivity index (χ1) is 72.1. The molecule has 0 atom stereocenters. The molecule has 150 heavy (non-hydrogen) atoms. The van der Waals surface area contributed by atoms with E-state index in [9.17, 15) is 65.6 Å². The number of halogens is 6. The molecular weight excluding hydrogens is 2120 g/mol. The fourth-order valence-corrected chi connectivity index (χ4v) is 36.1. The van der Waals surface area contributed by atoms with Crippen LogP contribution in [0.25, 0.3) is 128 Å². The van der Waals surface area contributed by atoms with Crippen LogP contribution in [0.5, 0.6) is 11.5 Å². The van der Waals surface area contributed by atoms with Crippen molar-refractivity contribution in [3.8, 4) is 51.6 Å². The molecule has 0 amide bonds. The largest absolute Gasteiger partial charge is 0.495 e. The van der Waals surface area contributed by atoms with Gasteiger partial charge in [0.15, 0.2) is 34.7 Å². The molecule has 15 aromatic rings. The van der Waals surface area contributed by atoms with E-state index in [1.165, 1.54) is 103 Å². The number of hydrogen-bond donors (Lipinski definition) is 0. The van der Waals surface area contributed by atoms with Crippen molar-refractivity contribution in [1.29, 1.82) is 26.3 Å². The predicted octanol–water partition coefficient (Wildman–Crippen LogP) is 35.0. The van der Waals surface area contributed by atoms with Crippen LogP contribution >= 0.6 is 125 Å². The molecule has 11 heterocycles. The van der Waals surface area contributed by atoms with E-state index in [1.807, 2.05) is 113 Å². The molecule has 0 bridgehead atoms. The molecule has 9 aliphatic rings. The monoisotopic (exact) mass is 2190 g/mol. The summed E-state index contributed by atoms with van der Waals surface area (Å²) in [5.41, 5.74) is 12.6. The Kier molecular flexibility index (Phi) is 29.4. The summed E-state index contributed by atoms with van der Waals surface area (Å²) in [6.07, 6.45) is 16.8. The SMILES string of the molecule is CC.CC.CC(F)(F)F.CC(F)(F)F.O=C1C(=CC2=Cc3sc4c(sc5cc(C=C6C(=O)c7ccccc7C6=O)sc54)c3C23CCCCC3)C(=O)c2ccccc21.[C-]#[N+]C(C#N)=C1/C(=C/c2cc3sc4c5c(sc4c3s2)C=C(/C=C2\C(=O)c3ccccc3\C2=C(\C#N)[N+]#[C-])C52CCCCC2)C(=O)c2ccccc21.[C-]#[N+]C(C#N)=Nc1cc(OC)c(-c2cc3sc4c5c(sc4c3s2)C=C(c2sc(N=C(C#N)C#N)cc2OC)C5(C)C)s1. The zero-order valence-electron chi connectivity index (χ0n) is 81.2. The lowest BCUT2D eigenvalue weighted by Crippen LogP contribution is -2.29. The van der Waals surface area contributed by atoms with Gasteiger partial charge >= 0.3 is 18.2 Å². The lowest BCUT2D eigenvalue weighted by Gasteiger charge is -2.36. The number of nitrogens with zero attached hydrogens (tertiary/aromatic N) is 10. The molecule has 35 heteroatoms. The summed E-state index contributed by atoms with van der Waals surface area (Å²) in [7, 11) is 3.22. The van der Waals surface area contributed by atoms with Crippen molar-refractivity contribution in [1.82, 2.24) is 0 Å². The van der Waals surface area contributed by atoms with Gasteiger partial charge in [0.1, 0.15) is 34.7 Å². The molecular formula is C115H78F6N10O8S11. The molecule has 0 aliphatic heterocycles. The first kappa shape index (κ1) is 105. The molecule has 2 fully saturated rings. The molecule has 18 nitrogen and oxygen atoms in total. The molecule has 0 saturated heterocycles. The minimum absolute atomic E-state index is 0.0685. The van der Waals surface area contributed by atoms with Gasteiger partial charge in [0.25, 0.3) is 11.4 Å². The van der Waals surface area contributed by atoms with E-state index < -0.39 is 12.4 Å². The van der Waals surface area contributed by atoms with E-state index >= 15 is 0 Å². The number of nitriles is 5. The highest BCUT2D eigenvalue weighted by atomic mass is 32.1. The lowest BCUT2D eigenvalue weighted by molar-refractivity contribution is -0.111. The number of Topliss-reactive ketones (excluding diaryl/α,β-unsaturated/α-hetero) is 6. The van der Waals surface area contributed by atoms with Crippen LogP contribution in [0.2, 0.25) is 0 Å². The van der Waals surface area contributed by atoms with Gasteiger partial charge in [-0.25, -0.2) is 30.5 Å². The molecule has 24 rings (SSSR count). The molecule has 744 valence electrons. The van der Waals surface area contributed by atoms with Crippen molar-refractivity contribution >= 4 is 284 Å². The minimum Gasteiger partial charge on any atom is -0.495 e. The number of fused-ring (bicyclic) bond motifs is 21. The standard InChI is InChI=1S/C42H22N4O2S3.C36H22O4S3.C29H16N6O2S5.2C2H3F3.2C2H6/c1-45-30(20-43)34-24-10-4-6-12-26(24)37(47)28(34)16-22-17-32-36(42(22)14-8-3-9-15-42)40-41(50-32)39-33(51-40)19-23(49-39)18-29-35(31(21-44)46-2)25-11-5-7-13-27(25)38(29)48;37-29-20-8-2-3-9-21(20)30(38)24(29)14-18-15-26-28(36(18)12-6-1-7-13-36)34-35(42-26)33-27(43-34)17-19(41-33)16-25-31(39)22-10-4-5-11-23(22)32(25)40;1-29(2)14(24-15(36-4)7-21(41-24)34-13(10-30)11-31)6-17-23(29)27-28(38-17)26-19(40-27)9-18(39-26)25-16(37-5)8-22(42-25)35-20(12-32)33-3;2*1-2(3,4)5;2*1-2/h4-7,10-13,16-19H,3,8-9,14-15H2;2-5,8-11,14-17H,1,6-7,12-13H2;6-9H,1-2,4-5H3;2*1H3;2*1-2H3/b28-16-,29-18-,34-30+,35-31?;;;;;;. The average molecular weight is 2190 g/mol. The highest BCUT2D eigenvalue weighted by molar-refractivity contribution is 7.41. The van der Waals surface area contributed by atoms with Crippen LogP contribution < -0.4 is 9.47 Å². The fourth-order valence-electron chi connectivity index (χ4n) is 20.6. The average Bonchev–Trinajstić information content (AvgIpc) is 1.54. The van der Waals surface area contributed by atoms with E-state index in [1.54, 1.807) is 195 Å². The highest BCUT2D eigenvalue weighted by Crippen LogP contribution is 2.65. The van der Waals surface area contributed by atoms with Crippen molar-refractivity contribution in [2.24, 2.45) is 9.98 Å². The molecule has 0 N–H and O–H groups in total. The lowest BCUT2D eigenvalue weighted by atomic mass is 9.67. The zero-order chi connectivity index (χ0) is 107. The topological polar surface area (TPSA) is 278 Å². The van der Waals surface area contributed by atoms with E-state index in [0.717, 1.165) is 113 Å². The predicted molar refractivity (Wildman–Crippen MR) is 598 cm³/mol. The Labute approximate surface area is 900 Å². The van der Waals surface area contributed by atoms with Gasteiger partial charge in [-0.15, -0.1) is 113 Å². The van der Waals surface area contributed by atoms with E-state index in [2.05, 4.69) is 74.8 Å². The first-order valence-corrected chi connectivity index (χ1v) is 56.1. The van der Waals surface area contributed by atoms with Crippen LogP contribution in [0.15, 0.2) is 194 Å². The normalized spacial score (nSPS) is 17.0. The third kappa shape index (κ3) is 18.7. The summed E-state index contributed by atoms with van der Waals surface area (Å²) in [6, 6.07) is 47.9. The van der Waals surface area contributed by atoms with Crippen molar-refractivity contribution in [3.05, 3.63) is 309 Å². The fraction of sp³-hybridized carbons (Fsp3) is 0.217. The van der Waals surface area contributed by atoms with Gasteiger partial charge < -0.3 is 14.3 Å². The van der Waals surface area contributed by atoms with Crippen LogP contribution in [-0.4, -0.2) is 72.8 Å². The van der Waals surface area contributed by atoms with Gasteiger partial charge in [-0.1, -0.05) is 200 Å². The van der Waals surface area contributed by atoms with Gasteiger partial charge in [-0.05, 0) is 131 Å². The van der Waals surface area contributed by atoms with Crippen LogP contribution in [-0.2, 0) is 16.2 Å². The number of alkyl halides is 6. The smallest absolute Gasteiger partial charge is 0.386 e. The van der Waals surface area contributed by atoms with E-state index in [0.29, 0.717) is 88.3 Å². The maximum atomic E-state index is 13.8. The number of ether oxygens (including phenoxy) is 2. The number of hydrogen-bond acceptors (Lipinski definition) is 26. The van der Waals surface area contributed by atoms with Crippen molar-refractivity contribution in [2.75, 3.05) is 14.2 Å². The Morgan fingerprint density at radius 3 is 1.12 bits per heavy atom. The molecule has 0 radical (unpaired) electrons. The van der Waals surface area contributed by atoms with Gasteiger partial charge in [0.2, 0.25) is 10.7 Å².